The van der Waals surface area contributed by atoms with Gasteiger partial charge in [0, 0.05) is 13.1 Å². The van der Waals surface area contributed by atoms with Crippen molar-refractivity contribution in [2.45, 2.75) is 18.9 Å². The summed E-state index contributed by atoms with van der Waals surface area (Å²) in [6.45, 7) is 1.41. The van der Waals surface area contributed by atoms with Crippen molar-refractivity contribution in [2.24, 2.45) is 0 Å². The van der Waals surface area contributed by atoms with Gasteiger partial charge < -0.3 is 14.7 Å². The van der Waals surface area contributed by atoms with Crippen LogP contribution in [0.3, 0.4) is 0 Å². The number of rotatable bonds is 2. The Morgan fingerprint density at radius 3 is 2.94 bits per heavy atom. The predicted molar refractivity (Wildman–Crippen MR) is 60.8 cm³/mol. The number of piperidine rings is 1. The van der Waals surface area contributed by atoms with Crippen molar-refractivity contribution < 1.29 is 14.6 Å². The molecule has 1 aliphatic rings. The lowest BCUT2D eigenvalue weighted by Crippen LogP contribution is -2.38. The van der Waals surface area contributed by atoms with Crippen molar-refractivity contribution in [1.29, 1.82) is 0 Å². The molecule has 1 fully saturated rings. The summed E-state index contributed by atoms with van der Waals surface area (Å²) < 4.78 is 4.54. The standard InChI is InChI=1S/C11H15N3O3/c1-17-11(16)9-4-5-10(13-12-9)14-6-2-3-8(15)7-14/h4-5,8,15H,2-3,6-7H2,1H3/t8-/m0/s1. The second kappa shape index (κ2) is 5.09. The zero-order valence-corrected chi connectivity index (χ0v) is 9.67. The quantitative estimate of drug-likeness (QED) is 0.742. The molecule has 17 heavy (non-hydrogen) atoms. The number of β-amino-alcohol motifs (C(OH)–C–C–N with tert-alkyl or cyclic N) is 1. The first-order valence-corrected chi connectivity index (χ1v) is 5.56. The first-order chi connectivity index (χ1) is 8.20. The van der Waals surface area contributed by atoms with E-state index < -0.39 is 5.97 Å². The molecule has 92 valence electrons. The molecule has 1 atom stereocenters. The first-order valence-electron chi connectivity index (χ1n) is 5.56. The minimum Gasteiger partial charge on any atom is -0.464 e. The molecule has 0 radical (unpaired) electrons. The van der Waals surface area contributed by atoms with Crippen LogP contribution >= 0.6 is 0 Å². The summed E-state index contributed by atoms with van der Waals surface area (Å²) in [5, 5.41) is 17.3. The van der Waals surface area contributed by atoms with E-state index in [0.29, 0.717) is 12.4 Å². The fourth-order valence-electron chi connectivity index (χ4n) is 1.87. The Balaban J connectivity index is 2.09. The average Bonchev–Trinajstić information content (AvgIpc) is 2.38. The van der Waals surface area contributed by atoms with Crippen LogP contribution in [0.5, 0.6) is 0 Å². The van der Waals surface area contributed by atoms with Crippen molar-refractivity contribution in [3.8, 4) is 0 Å². The molecule has 2 rings (SSSR count). The zero-order valence-electron chi connectivity index (χ0n) is 9.67. The third-order valence-electron chi connectivity index (χ3n) is 2.77. The Bertz CT molecular complexity index is 393. The van der Waals surface area contributed by atoms with Crippen molar-refractivity contribution >= 4 is 11.8 Å². The van der Waals surface area contributed by atoms with Gasteiger partial charge in [-0.05, 0) is 25.0 Å². The maximum atomic E-state index is 11.2. The average molecular weight is 237 g/mol. The van der Waals surface area contributed by atoms with Crippen LogP contribution in [0.15, 0.2) is 12.1 Å². The molecule has 2 heterocycles. The van der Waals surface area contributed by atoms with E-state index in [0.717, 1.165) is 19.4 Å². The minimum absolute atomic E-state index is 0.189. The Morgan fingerprint density at radius 1 is 1.53 bits per heavy atom. The maximum Gasteiger partial charge on any atom is 0.358 e. The lowest BCUT2D eigenvalue weighted by molar-refractivity contribution is 0.0592. The van der Waals surface area contributed by atoms with Crippen molar-refractivity contribution in [3.63, 3.8) is 0 Å². The Morgan fingerprint density at radius 2 is 2.35 bits per heavy atom. The molecule has 6 nitrogen and oxygen atoms in total. The van der Waals surface area contributed by atoms with E-state index in [1.54, 1.807) is 12.1 Å². The summed E-state index contributed by atoms with van der Waals surface area (Å²) in [7, 11) is 1.30. The third kappa shape index (κ3) is 2.71. The first kappa shape index (κ1) is 11.8. The summed E-state index contributed by atoms with van der Waals surface area (Å²) in [5.41, 5.74) is 0.189. The van der Waals surface area contributed by atoms with E-state index in [1.807, 2.05) is 4.90 Å². The number of aromatic nitrogens is 2. The second-order valence-electron chi connectivity index (χ2n) is 4.01. The van der Waals surface area contributed by atoms with Gasteiger partial charge in [-0.1, -0.05) is 0 Å². The summed E-state index contributed by atoms with van der Waals surface area (Å²) in [4.78, 5) is 13.1. The molecular formula is C11H15N3O3. The van der Waals surface area contributed by atoms with Gasteiger partial charge in [0.2, 0.25) is 0 Å². The van der Waals surface area contributed by atoms with E-state index in [2.05, 4.69) is 14.9 Å². The number of hydrogen-bond donors (Lipinski definition) is 1. The highest BCUT2D eigenvalue weighted by atomic mass is 16.5. The number of carbonyl (C=O) groups is 1. The van der Waals surface area contributed by atoms with Crippen LogP contribution in [-0.4, -0.2) is 47.6 Å². The van der Waals surface area contributed by atoms with Gasteiger partial charge in [0.1, 0.15) is 0 Å². The number of aliphatic hydroxyl groups excluding tert-OH is 1. The third-order valence-corrected chi connectivity index (χ3v) is 2.77. The van der Waals surface area contributed by atoms with E-state index in [4.69, 9.17) is 0 Å². The molecular weight excluding hydrogens is 222 g/mol. The van der Waals surface area contributed by atoms with Gasteiger partial charge in [-0.25, -0.2) is 4.79 Å². The molecule has 0 bridgehead atoms. The van der Waals surface area contributed by atoms with Gasteiger partial charge in [0.25, 0.3) is 0 Å². The summed E-state index contributed by atoms with van der Waals surface area (Å²) in [5.74, 6) is 0.180. The smallest absolute Gasteiger partial charge is 0.358 e. The lowest BCUT2D eigenvalue weighted by atomic mass is 10.1. The Labute approximate surface area is 99.2 Å². The normalized spacial score (nSPS) is 20.1. The molecule has 1 aliphatic heterocycles. The minimum atomic E-state index is -0.497. The molecule has 1 aromatic rings. The topological polar surface area (TPSA) is 75.5 Å². The Hall–Kier alpha value is -1.69. The van der Waals surface area contributed by atoms with E-state index in [1.165, 1.54) is 7.11 Å². The van der Waals surface area contributed by atoms with Crippen LogP contribution in [-0.2, 0) is 4.74 Å². The molecule has 0 amide bonds. The second-order valence-corrected chi connectivity index (χ2v) is 4.01. The molecule has 0 saturated carbocycles. The predicted octanol–water partition coefficient (Wildman–Crippen LogP) is 0.224. The summed E-state index contributed by atoms with van der Waals surface area (Å²) in [6, 6.07) is 3.30. The van der Waals surface area contributed by atoms with E-state index >= 15 is 0 Å². The SMILES string of the molecule is COC(=O)c1ccc(N2CCC[C@H](O)C2)nn1. The molecule has 6 heteroatoms. The number of esters is 1. The lowest BCUT2D eigenvalue weighted by Gasteiger charge is -2.30. The fraction of sp³-hybridized carbons (Fsp3) is 0.545. The van der Waals surface area contributed by atoms with E-state index in [-0.39, 0.29) is 11.8 Å². The summed E-state index contributed by atoms with van der Waals surface area (Å²) >= 11 is 0. The van der Waals surface area contributed by atoms with Crippen molar-refractivity contribution in [3.05, 3.63) is 17.8 Å². The van der Waals surface area contributed by atoms with Crippen LogP contribution in [0.25, 0.3) is 0 Å². The number of hydrogen-bond acceptors (Lipinski definition) is 6. The van der Waals surface area contributed by atoms with Crippen LogP contribution in [0.1, 0.15) is 23.3 Å². The van der Waals surface area contributed by atoms with Crippen LogP contribution in [0, 0.1) is 0 Å². The molecule has 0 unspecified atom stereocenters. The maximum absolute atomic E-state index is 11.2. The Kier molecular flexibility index (Phi) is 3.53. The molecule has 0 spiro atoms. The number of methoxy groups -OCH3 is 1. The van der Waals surface area contributed by atoms with Gasteiger partial charge in [0.15, 0.2) is 11.5 Å². The monoisotopic (exact) mass is 237 g/mol. The number of ether oxygens (including phenoxy) is 1. The molecule has 1 aromatic heterocycles. The summed E-state index contributed by atoms with van der Waals surface area (Å²) in [6.07, 6.45) is 1.44. The van der Waals surface area contributed by atoms with Crippen LogP contribution < -0.4 is 4.90 Å². The molecule has 0 aromatic carbocycles. The number of carbonyl (C=O) groups excluding carboxylic acids is 1. The van der Waals surface area contributed by atoms with Crippen molar-refractivity contribution in [1.82, 2.24) is 10.2 Å². The van der Waals surface area contributed by atoms with Gasteiger partial charge in [-0.2, -0.15) is 0 Å². The molecule has 0 aliphatic carbocycles. The van der Waals surface area contributed by atoms with E-state index in [9.17, 15) is 9.90 Å². The zero-order chi connectivity index (χ0) is 12.3. The number of nitrogens with zero attached hydrogens (tertiary/aromatic N) is 3. The van der Waals surface area contributed by atoms with Crippen LogP contribution in [0.2, 0.25) is 0 Å². The highest BCUT2D eigenvalue weighted by Crippen LogP contribution is 2.17. The highest BCUT2D eigenvalue weighted by molar-refractivity contribution is 5.86. The molecule has 1 saturated heterocycles. The van der Waals surface area contributed by atoms with Crippen molar-refractivity contribution in [2.75, 3.05) is 25.1 Å². The fourth-order valence-corrected chi connectivity index (χ4v) is 1.87. The van der Waals surface area contributed by atoms with Crippen LogP contribution in [0.4, 0.5) is 5.82 Å². The number of anilines is 1. The largest absolute Gasteiger partial charge is 0.464 e. The van der Waals surface area contributed by atoms with Gasteiger partial charge >= 0.3 is 5.97 Å². The highest BCUT2D eigenvalue weighted by Gasteiger charge is 2.19. The number of aliphatic hydroxyl groups is 1. The molecule has 1 N–H and O–H groups in total. The van der Waals surface area contributed by atoms with Gasteiger partial charge in [-0.3, -0.25) is 0 Å². The van der Waals surface area contributed by atoms with Gasteiger partial charge in [0.05, 0.1) is 13.2 Å². The van der Waals surface area contributed by atoms with Gasteiger partial charge in [-0.15, -0.1) is 10.2 Å².